The van der Waals surface area contributed by atoms with Crippen LogP contribution >= 0.6 is 0 Å². The van der Waals surface area contributed by atoms with Crippen LogP contribution < -0.4 is 9.47 Å². The van der Waals surface area contributed by atoms with Crippen LogP contribution in [0.15, 0.2) is 12.1 Å². The van der Waals surface area contributed by atoms with Gasteiger partial charge in [-0.1, -0.05) is 0 Å². The van der Waals surface area contributed by atoms with Crippen LogP contribution in [0.1, 0.15) is 10.4 Å². The van der Waals surface area contributed by atoms with E-state index in [-0.39, 0.29) is 5.75 Å². The smallest absolute Gasteiger partial charge is 0.387 e. The van der Waals surface area contributed by atoms with Gasteiger partial charge >= 0.3 is 18.3 Å². The third-order valence-corrected chi connectivity index (χ3v) is 1.93. The number of carboxylic acids is 1. The Balaban J connectivity index is 3.54. The molecule has 0 bridgehead atoms. The van der Waals surface area contributed by atoms with E-state index in [0.717, 1.165) is 19.2 Å². The van der Waals surface area contributed by atoms with Crippen LogP contribution in [-0.2, 0) is 0 Å². The van der Waals surface area contributed by atoms with Crippen molar-refractivity contribution in [3.63, 3.8) is 0 Å². The van der Waals surface area contributed by atoms with E-state index in [1.165, 1.54) is 0 Å². The Morgan fingerprint density at radius 3 is 2.50 bits per heavy atom. The number of rotatable bonds is 5. The summed E-state index contributed by atoms with van der Waals surface area (Å²) in [5.41, 5.74) is -1.71. The summed E-state index contributed by atoms with van der Waals surface area (Å²) in [6.45, 7) is -3.39. The van der Waals surface area contributed by atoms with Crippen molar-refractivity contribution < 1.29 is 33.1 Å². The average Bonchev–Trinajstić information content (AvgIpc) is 2.26. The Morgan fingerprint density at radius 2 is 2.11 bits per heavy atom. The highest BCUT2D eigenvalue weighted by molar-refractivity contribution is 5.93. The van der Waals surface area contributed by atoms with Gasteiger partial charge in [-0.25, -0.2) is 4.79 Å². The molecule has 0 aromatic heterocycles. The lowest BCUT2D eigenvalue weighted by molar-refractivity contribution is -0.387. The van der Waals surface area contributed by atoms with Crippen molar-refractivity contribution >= 4 is 11.7 Å². The lowest BCUT2D eigenvalue weighted by Crippen LogP contribution is -2.10. The number of halogens is 2. The zero-order valence-corrected chi connectivity index (χ0v) is 8.92. The molecule has 0 radical (unpaired) electrons. The monoisotopic (exact) mass is 263 g/mol. The van der Waals surface area contributed by atoms with E-state index in [0.29, 0.717) is 0 Å². The molecule has 0 atom stereocenters. The van der Waals surface area contributed by atoms with Gasteiger partial charge in [0.1, 0.15) is 5.56 Å². The normalized spacial score (nSPS) is 10.2. The second-order valence-corrected chi connectivity index (χ2v) is 2.93. The van der Waals surface area contributed by atoms with Crippen LogP contribution in [0.5, 0.6) is 11.5 Å². The van der Waals surface area contributed by atoms with Gasteiger partial charge in [0.2, 0.25) is 11.5 Å². The molecular weight excluding hydrogens is 256 g/mol. The van der Waals surface area contributed by atoms with Gasteiger partial charge < -0.3 is 14.6 Å². The maximum Gasteiger partial charge on any atom is 0.387 e. The van der Waals surface area contributed by atoms with Gasteiger partial charge in [-0.2, -0.15) is 8.78 Å². The van der Waals surface area contributed by atoms with Gasteiger partial charge in [0, 0.05) is 0 Å². The maximum absolute atomic E-state index is 12.2. The number of nitro benzene ring substituents is 1. The Hall–Kier alpha value is -2.45. The Labute approximate surface area is 98.7 Å². The molecule has 0 amide bonds. The van der Waals surface area contributed by atoms with Crippen LogP contribution in [0.25, 0.3) is 0 Å². The van der Waals surface area contributed by atoms with Gasteiger partial charge in [0.05, 0.1) is 12.0 Å². The molecule has 7 nitrogen and oxygen atoms in total. The molecule has 0 saturated carbocycles. The van der Waals surface area contributed by atoms with Crippen molar-refractivity contribution in [2.24, 2.45) is 0 Å². The van der Waals surface area contributed by atoms with Crippen LogP contribution in [0.2, 0.25) is 0 Å². The summed E-state index contributed by atoms with van der Waals surface area (Å²) in [5, 5.41) is 19.5. The number of carbonyl (C=O) groups is 1. The van der Waals surface area contributed by atoms with Crippen LogP contribution in [0.3, 0.4) is 0 Å². The summed E-state index contributed by atoms with van der Waals surface area (Å²) in [6, 6.07) is 1.87. The third kappa shape index (κ3) is 2.62. The average molecular weight is 263 g/mol. The highest BCUT2D eigenvalue weighted by Gasteiger charge is 2.30. The number of aromatic carboxylic acids is 1. The molecule has 1 aromatic carbocycles. The first-order valence-electron chi connectivity index (χ1n) is 4.42. The molecule has 0 aliphatic carbocycles. The molecule has 98 valence electrons. The molecule has 0 fully saturated rings. The zero-order chi connectivity index (χ0) is 13.9. The number of carboxylic acid groups (broad SMARTS) is 1. The summed E-state index contributed by atoms with van der Waals surface area (Å²) in [5.74, 6) is -3.04. The fourth-order valence-corrected chi connectivity index (χ4v) is 1.27. The number of methoxy groups -OCH3 is 1. The van der Waals surface area contributed by atoms with Gasteiger partial charge in [-0.15, -0.1) is 0 Å². The minimum Gasteiger partial charge on any atom is -0.490 e. The number of nitro groups is 1. The van der Waals surface area contributed by atoms with Gasteiger partial charge in [-0.05, 0) is 12.1 Å². The molecule has 1 N–H and O–H groups in total. The lowest BCUT2D eigenvalue weighted by Gasteiger charge is -2.10. The third-order valence-electron chi connectivity index (χ3n) is 1.93. The minimum atomic E-state index is -3.39. The first-order chi connectivity index (χ1) is 8.38. The van der Waals surface area contributed by atoms with Crippen molar-refractivity contribution in [2.45, 2.75) is 6.61 Å². The van der Waals surface area contributed by atoms with Gasteiger partial charge in [0.25, 0.3) is 0 Å². The fraction of sp³-hybridized carbons (Fsp3) is 0.222. The highest BCUT2D eigenvalue weighted by Crippen LogP contribution is 2.40. The predicted molar refractivity (Wildman–Crippen MR) is 53.2 cm³/mol. The number of benzene rings is 1. The molecule has 9 heteroatoms. The van der Waals surface area contributed by atoms with E-state index < -0.39 is 34.5 Å². The van der Waals surface area contributed by atoms with E-state index in [1.807, 2.05) is 0 Å². The summed E-state index contributed by atoms with van der Waals surface area (Å²) >= 11 is 0. The van der Waals surface area contributed by atoms with E-state index in [2.05, 4.69) is 9.47 Å². The van der Waals surface area contributed by atoms with Crippen molar-refractivity contribution in [2.75, 3.05) is 7.11 Å². The minimum absolute atomic E-state index is 0.374. The van der Waals surface area contributed by atoms with Gasteiger partial charge in [0.15, 0.2) is 0 Å². The van der Waals surface area contributed by atoms with Crippen LogP contribution in [0.4, 0.5) is 14.5 Å². The fourth-order valence-electron chi connectivity index (χ4n) is 1.27. The number of nitrogens with zero attached hydrogens (tertiary/aromatic N) is 1. The van der Waals surface area contributed by atoms with E-state index >= 15 is 0 Å². The zero-order valence-electron chi connectivity index (χ0n) is 8.92. The molecular formula is C9H7F2NO6. The first kappa shape index (κ1) is 13.6. The summed E-state index contributed by atoms with van der Waals surface area (Å²) in [6.07, 6.45) is 0. The predicted octanol–water partition coefficient (Wildman–Crippen LogP) is 1.90. The molecule has 18 heavy (non-hydrogen) atoms. The SMILES string of the molecule is COc1ccc(C(=O)O)c(OC(F)F)c1[N+](=O)[O-]. The molecule has 0 spiro atoms. The van der Waals surface area contributed by atoms with Crippen molar-refractivity contribution in [1.29, 1.82) is 0 Å². The van der Waals surface area contributed by atoms with Crippen molar-refractivity contribution in [3.05, 3.63) is 27.8 Å². The second-order valence-electron chi connectivity index (χ2n) is 2.93. The molecule has 0 unspecified atom stereocenters. The quantitative estimate of drug-likeness (QED) is 0.643. The van der Waals surface area contributed by atoms with Crippen molar-refractivity contribution in [1.82, 2.24) is 0 Å². The summed E-state index contributed by atoms with van der Waals surface area (Å²) in [4.78, 5) is 20.5. The molecule has 0 aliphatic rings. The molecule has 0 heterocycles. The summed E-state index contributed by atoms with van der Waals surface area (Å²) in [7, 11) is 1.08. The topological polar surface area (TPSA) is 98.9 Å². The standard InChI is InChI=1S/C9H7F2NO6/c1-17-5-3-2-4(8(13)14)7(18-9(10)11)6(5)12(15)16/h2-3,9H,1H3,(H,13,14). The largest absolute Gasteiger partial charge is 0.490 e. The lowest BCUT2D eigenvalue weighted by atomic mass is 10.1. The molecule has 1 rings (SSSR count). The number of hydrogen-bond donors (Lipinski definition) is 1. The summed E-state index contributed by atoms with van der Waals surface area (Å²) < 4.78 is 32.8. The number of alkyl halides is 2. The van der Waals surface area contributed by atoms with E-state index in [1.54, 1.807) is 0 Å². The van der Waals surface area contributed by atoms with Crippen LogP contribution in [0, 0.1) is 10.1 Å². The van der Waals surface area contributed by atoms with Crippen molar-refractivity contribution in [3.8, 4) is 11.5 Å². The highest BCUT2D eigenvalue weighted by atomic mass is 19.3. The Morgan fingerprint density at radius 1 is 1.50 bits per heavy atom. The maximum atomic E-state index is 12.2. The Bertz CT molecular complexity index is 490. The number of hydrogen-bond acceptors (Lipinski definition) is 5. The van der Waals surface area contributed by atoms with E-state index in [4.69, 9.17) is 5.11 Å². The van der Waals surface area contributed by atoms with E-state index in [9.17, 15) is 23.7 Å². The molecule has 1 aromatic rings. The van der Waals surface area contributed by atoms with Crippen LogP contribution in [-0.4, -0.2) is 29.7 Å². The van der Waals surface area contributed by atoms with Gasteiger partial charge in [-0.3, -0.25) is 10.1 Å². The molecule has 0 saturated heterocycles. The molecule has 0 aliphatic heterocycles. The number of ether oxygens (including phenoxy) is 2. The first-order valence-corrected chi connectivity index (χ1v) is 4.42. The second kappa shape index (κ2) is 5.25. The Kier molecular flexibility index (Phi) is 3.97.